The van der Waals surface area contributed by atoms with Gasteiger partial charge >= 0.3 is 5.88 Å². The number of fused-ring (bicyclic) bond motifs is 1. The van der Waals surface area contributed by atoms with Crippen molar-refractivity contribution in [2.45, 2.75) is 11.8 Å². The van der Waals surface area contributed by atoms with E-state index in [1.165, 1.54) is 16.8 Å². The molecular formula is C23H15N5O5S. The molecule has 0 fully saturated rings. The molecule has 34 heavy (non-hydrogen) atoms. The van der Waals surface area contributed by atoms with Crippen molar-refractivity contribution in [2.24, 2.45) is 0 Å². The monoisotopic (exact) mass is 473 g/mol. The maximum atomic E-state index is 13.0. The van der Waals surface area contributed by atoms with E-state index in [1.54, 1.807) is 29.7 Å². The molecule has 2 aromatic carbocycles. The van der Waals surface area contributed by atoms with Crippen molar-refractivity contribution in [3.8, 4) is 11.6 Å². The second-order valence-electron chi connectivity index (χ2n) is 7.07. The van der Waals surface area contributed by atoms with Crippen LogP contribution in [-0.2, 0) is 6.54 Å². The number of nitrogens with zero attached hydrogens (tertiary/aromatic N) is 5. The van der Waals surface area contributed by atoms with Crippen molar-refractivity contribution in [2.75, 3.05) is 0 Å². The third kappa shape index (κ3) is 4.36. The van der Waals surface area contributed by atoms with Crippen molar-refractivity contribution < 1.29 is 13.8 Å². The van der Waals surface area contributed by atoms with Crippen LogP contribution >= 0.6 is 11.8 Å². The zero-order valence-electron chi connectivity index (χ0n) is 17.4. The molecule has 0 amide bonds. The summed E-state index contributed by atoms with van der Waals surface area (Å²) in [6, 6.07) is 19.4. The molecule has 3 aromatic heterocycles. The predicted molar refractivity (Wildman–Crippen MR) is 125 cm³/mol. The summed E-state index contributed by atoms with van der Waals surface area (Å²) in [5.74, 6) is 0.149. The van der Waals surface area contributed by atoms with Gasteiger partial charge in [-0.2, -0.15) is 5.10 Å². The second kappa shape index (κ2) is 9.16. The Bertz CT molecular complexity index is 1570. The van der Waals surface area contributed by atoms with Crippen LogP contribution in [-0.4, -0.2) is 24.9 Å². The van der Waals surface area contributed by atoms with Gasteiger partial charge in [0.05, 0.1) is 18.0 Å². The molecule has 0 atom stereocenters. The Labute approximate surface area is 195 Å². The molecule has 5 rings (SSSR count). The van der Waals surface area contributed by atoms with E-state index in [9.17, 15) is 14.9 Å². The minimum atomic E-state index is -0.608. The first-order valence-corrected chi connectivity index (χ1v) is 10.9. The molecule has 0 unspecified atom stereocenters. The van der Waals surface area contributed by atoms with E-state index >= 15 is 0 Å². The van der Waals surface area contributed by atoms with E-state index < -0.39 is 4.92 Å². The van der Waals surface area contributed by atoms with Crippen LogP contribution in [0.2, 0.25) is 0 Å². The van der Waals surface area contributed by atoms with Crippen molar-refractivity contribution in [1.82, 2.24) is 20.0 Å². The molecule has 3 heterocycles. The van der Waals surface area contributed by atoms with Crippen molar-refractivity contribution in [3.63, 3.8) is 0 Å². The van der Waals surface area contributed by atoms with Crippen LogP contribution in [0.3, 0.4) is 0 Å². The summed E-state index contributed by atoms with van der Waals surface area (Å²) in [5, 5.41) is 26.3. The van der Waals surface area contributed by atoms with Gasteiger partial charge in [0.2, 0.25) is 0 Å². The summed E-state index contributed by atoms with van der Waals surface area (Å²) in [7, 11) is 0. The molecule has 0 aliphatic heterocycles. The maximum Gasteiger partial charge on any atom is 0.433 e. The van der Waals surface area contributed by atoms with E-state index in [0.29, 0.717) is 28.8 Å². The lowest BCUT2D eigenvalue weighted by atomic mass is 10.1. The highest BCUT2D eigenvalue weighted by Gasteiger charge is 2.18. The first kappa shape index (κ1) is 21.3. The van der Waals surface area contributed by atoms with E-state index in [-0.39, 0.29) is 22.6 Å². The van der Waals surface area contributed by atoms with Crippen molar-refractivity contribution in [1.29, 1.82) is 0 Å². The molecule has 5 aromatic rings. The lowest BCUT2D eigenvalue weighted by Gasteiger charge is -2.09. The summed E-state index contributed by atoms with van der Waals surface area (Å²) in [5.41, 5.74) is 1.12. The van der Waals surface area contributed by atoms with E-state index in [2.05, 4.69) is 15.3 Å². The van der Waals surface area contributed by atoms with Crippen LogP contribution in [0.4, 0.5) is 5.88 Å². The zero-order chi connectivity index (χ0) is 23.5. The standard InChI is InChI=1S/C23H15N5O5S/c29-22-18-9-5-4-8-17(18)20(26-27(22)14-15-6-2-1-3-7-15)21-24-25-23(33-21)34-13-12-16-10-11-19(32-16)28(30)31/h1-13H,14H2/b13-12+. The molecule has 0 aliphatic rings. The average Bonchev–Trinajstić information content (AvgIpc) is 3.52. The van der Waals surface area contributed by atoms with Crippen LogP contribution < -0.4 is 5.56 Å². The largest absolute Gasteiger partial charge is 0.433 e. The van der Waals surface area contributed by atoms with Gasteiger partial charge in [0, 0.05) is 5.39 Å². The fourth-order valence-corrected chi connectivity index (χ4v) is 3.83. The smallest absolute Gasteiger partial charge is 0.409 e. The van der Waals surface area contributed by atoms with Gasteiger partial charge in [0.15, 0.2) is 5.69 Å². The van der Waals surface area contributed by atoms with E-state index in [4.69, 9.17) is 8.83 Å². The number of hydrogen-bond donors (Lipinski definition) is 0. The van der Waals surface area contributed by atoms with E-state index in [0.717, 1.165) is 17.3 Å². The Morgan fingerprint density at radius 3 is 2.50 bits per heavy atom. The molecule has 0 N–H and O–H groups in total. The average molecular weight is 473 g/mol. The summed E-state index contributed by atoms with van der Waals surface area (Å²) in [6.45, 7) is 0.297. The highest BCUT2D eigenvalue weighted by Crippen LogP contribution is 2.28. The molecule has 0 spiro atoms. The lowest BCUT2D eigenvalue weighted by molar-refractivity contribution is -0.402. The highest BCUT2D eigenvalue weighted by molar-refractivity contribution is 8.02. The summed E-state index contributed by atoms with van der Waals surface area (Å²) >= 11 is 1.12. The first-order chi connectivity index (χ1) is 16.6. The van der Waals surface area contributed by atoms with Crippen molar-refractivity contribution in [3.05, 3.63) is 104 Å². The second-order valence-corrected chi connectivity index (χ2v) is 7.93. The Kier molecular flexibility index (Phi) is 5.75. The van der Waals surface area contributed by atoms with Gasteiger partial charge < -0.3 is 8.83 Å². The summed E-state index contributed by atoms with van der Waals surface area (Å²) < 4.78 is 12.2. The number of nitro groups is 1. The quantitative estimate of drug-likeness (QED) is 0.186. The topological polar surface area (TPSA) is 130 Å². The SMILES string of the molecule is O=c1c2ccccc2c(-c2nnc(S/C=C/c3ccc([N+](=O)[O-])o3)o2)nn1Cc1ccccc1. The third-order valence-corrected chi connectivity index (χ3v) is 5.48. The number of benzene rings is 2. The van der Waals surface area contributed by atoms with Crippen LogP contribution in [0.25, 0.3) is 28.4 Å². The molecule has 11 heteroatoms. The summed E-state index contributed by atoms with van der Waals surface area (Å²) in [4.78, 5) is 23.1. The van der Waals surface area contributed by atoms with Crippen LogP contribution in [0.1, 0.15) is 11.3 Å². The molecule has 0 aliphatic carbocycles. The van der Waals surface area contributed by atoms with Gasteiger partial charge in [-0.1, -0.05) is 48.5 Å². The first-order valence-electron chi connectivity index (χ1n) is 10.0. The molecule has 168 valence electrons. The minimum Gasteiger partial charge on any atom is -0.409 e. The Morgan fingerprint density at radius 2 is 1.74 bits per heavy atom. The highest BCUT2D eigenvalue weighted by atomic mass is 32.2. The van der Waals surface area contributed by atoms with E-state index in [1.807, 2.05) is 36.4 Å². The predicted octanol–water partition coefficient (Wildman–Crippen LogP) is 4.76. The van der Waals surface area contributed by atoms with Crippen LogP contribution in [0, 0.1) is 10.1 Å². The summed E-state index contributed by atoms with van der Waals surface area (Å²) in [6.07, 6.45) is 1.55. The number of rotatable bonds is 7. The molecule has 10 nitrogen and oxygen atoms in total. The Morgan fingerprint density at radius 1 is 0.971 bits per heavy atom. The van der Waals surface area contributed by atoms with Crippen LogP contribution in [0.5, 0.6) is 0 Å². The normalized spacial score (nSPS) is 11.4. The fourth-order valence-electron chi connectivity index (χ4n) is 3.30. The van der Waals surface area contributed by atoms with Crippen LogP contribution in [0.15, 0.2) is 91.0 Å². The van der Waals surface area contributed by atoms with Crippen molar-refractivity contribution >= 4 is 34.5 Å². The molecule has 0 saturated heterocycles. The third-order valence-electron chi connectivity index (χ3n) is 4.85. The Hall–Kier alpha value is -4.51. The maximum absolute atomic E-state index is 13.0. The lowest BCUT2D eigenvalue weighted by Crippen LogP contribution is -2.24. The molecule has 0 radical (unpaired) electrons. The minimum absolute atomic E-state index is 0.169. The van der Waals surface area contributed by atoms with Gasteiger partial charge in [0.25, 0.3) is 16.7 Å². The van der Waals surface area contributed by atoms with Gasteiger partial charge in [-0.25, -0.2) is 4.68 Å². The van der Waals surface area contributed by atoms with Gasteiger partial charge in [-0.05, 0) is 40.9 Å². The zero-order valence-corrected chi connectivity index (χ0v) is 18.2. The molecule has 0 bridgehead atoms. The molecular weight excluding hydrogens is 458 g/mol. The van der Waals surface area contributed by atoms with Gasteiger partial charge in [-0.3, -0.25) is 14.9 Å². The number of furan rings is 1. The van der Waals surface area contributed by atoms with Gasteiger partial charge in [0.1, 0.15) is 10.7 Å². The fraction of sp³-hybridized carbons (Fsp3) is 0.0435. The number of thioether (sulfide) groups is 1. The Balaban J connectivity index is 1.45. The number of hydrogen-bond acceptors (Lipinski definition) is 9. The molecule has 0 saturated carbocycles. The van der Waals surface area contributed by atoms with Gasteiger partial charge in [-0.15, -0.1) is 10.2 Å². The number of aromatic nitrogens is 4.